The van der Waals surface area contributed by atoms with Crippen LogP contribution in [0.4, 0.5) is 0 Å². The average molecular weight is 473 g/mol. The summed E-state index contributed by atoms with van der Waals surface area (Å²) in [4.78, 5) is 10.4. The van der Waals surface area contributed by atoms with E-state index in [1.165, 1.54) is 5.39 Å². The molecule has 2 heterocycles. The zero-order valence-corrected chi connectivity index (χ0v) is 19.8. The number of benzene rings is 6. The van der Waals surface area contributed by atoms with E-state index in [1.54, 1.807) is 0 Å². The van der Waals surface area contributed by atoms with Gasteiger partial charge in [0.05, 0.1) is 11.2 Å². The minimum Gasteiger partial charge on any atom is -0.456 e. The Morgan fingerprint density at radius 3 is 2.14 bits per heavy atom. The lowest BCUT2D eigenvalue weighted by atomic mass is 9.97. The van der Waals surface area contributed by atoms with Gasteiger partial charge in [0.2, 0.25) is 0 Å². The van der Waals surface area contributed by atoms with E-state index in [2.05, 4.69) is 103 Å². The van der Waals surface area contributed by atoms with E-state index < -0.39 is 0 Å². The first kappa shape index (κ1) is 20.2. The number of aromatic nitrogens is 2. The fraction of sp³-hybridized carbons (Fsp3) is 0. The van der Waals surface area contributed by atoms with Crippen LogP contribution in [0.5, 0.6) is 0 Å². The van der Waals surface area contributed by atoms with Crippen molar-refractivity contribution in [2.75, 3.05) is 0 Å². The quantitative estimate of drug-likeness (QED) is 0.235. The molecule has 37 heavy (non-hydrogen) atoms. The highest BCUT2D eigenvalue weighted by atomic mass is 16.3. The van der Waals surface area contributed by atoms with Crippen LogP contribution in [0.25, 0.3) is 77.0 Å². The van der Waals surface area contributed by atoms with E-state index in [-0.39, 0.29) is 0 Å². The van der Waals surface area contributed by atoms with Crippen LogP contribution in [0.2, 0.25) is 0 Å². The molecule has 2 aromatic heterocycles. The summed E-state index contributed by atoms with van der Waals surface area (Å²) in [5.41, 5.74) is 5.71. The first-order chi connectivity index (χ1) is 18.3. The predicted molar refractivity (Wildman–Crippen MR) is 153 cm³/mol. The van der Waals surface area contributed by atoms with Crippen molar-refractivity contribution in [2.45, 2.75) is 0 Å². The first-order valence-electron chi connectivity index (χ1n) is 12.4. The van der Waals surface area contributed by atoms with Gasteiger partial charge in [-0.3, -0.25) is 0 Å². The van der Waals surface area contributed by atoms with Crippen LogP contribution < -0.4 is 0 Å². The Kier molecular flexibility index (Phi) is 4.23. The lowest BCUT2D eigenvalue weighted by Gasteiger charge is -2.13. The van der Waals surface area contributed by atoms with Crippen LogP contribution in [0.1, 0.15) is 0 Å². The van der Waals surface area contributed by atoms with Crippen molar-refractivity contribution in [3.8, 4) is 22.6 Å². The summed E-state index contributed by atoms with van der Waals surface area (Å²) in [6.45, 7) is 0. The zero-order chi connectivity index (χ0) is 24.3. The lowest BCUT2D eigenvalue weighted by Crippen LogP contribution is -1.97. The maximum atomic E-state index is 6.22. The molecule has 8 rings (SSSR count). The van der Waals surface area contributed by atoms with Crippen molar-refractivity contribution in [3.05, 3.63) is 121 Å². The zero-order valence-electron chi connectivity index (χ0n) is 19.8. The number of furan rings is 1. The topological polar surface area (TPSA) is 38.9 Å². The van der Waals surface area contributed by atoms with E-state index in [0.717, 1.165) is 65.8 Å². The molecule has 6 aromatic carbocycles. The van der Waals surface area contributed by atoms with Gasteiger partial charge in [0.15, 0.2) is 5.82 Å². The largest absolute Gasteiger partial charge is 0.456 e. The van der Waals surface area contributed by atoms with Crippen LogP contribution in [-0.4, -0.2) is 9.97 Å². The van der Waals surface area contributed by atoms with Crippen molar-refractivity contribution < 1.29 is 4.42 Å². The minimum absolute atomic E-state index is 0.713. The summed E-state index contributed by atoms with van der Waals surface area (Å²) >= 11 is 0. The van der Waals surface area contributed by atoms with E-state index in [0.29, 0.717) is 5.82 Å². The molecule has 172 valence electrons. The van der Waals surface area contributed by atoms with Crippen LogP contribution in [-0.2, 0) is 0 Å². The third-order valence-corrected chi connectivity index (χ3v) is 7.26. The van der Waals surface area contributed by atoms with Crippen molar-refractivity contribution in [1.29, 1.82) is 0 Å². The number of nitrogens with zero attached hydrogens (tertiary/aromatic N) is 2. The van der Waals surface area contributed by atoms with Gasteiger partial charge in [0.1, 0.15) is 11.2 Å². The Bertz CT molecular complexity index is 2140. The maximum Gasteiger partial charge on any atom is 0.161 e. The number of hydrogen-bond acceptors (Lipinski definition) is 3. The van der Waals surface area contributed by atoms with Gasteiger partial charge in [0.25, 0.3) is 0 Å². The second kappa shape index (κ2) is 7.74. The fourth-order valence-electron chi connectivity index (χ4n) is 5.61. The van der Waals surface area contributed by atoms with Gasteiger partial charge in [-0.05, 0) is 34.4 Å². The Labute approximate surface area is 212 Å². The van der Waals surface area contributed by atoms with E-state index >= 15 is 0 Å². The summed E-state index contributed by atoms with van der Waals surface area (Å²) < 4.78 is 6.22. The monoisotopic (exact) mass is 472 g/mol. The Balaban J connectivity index is 1.53. The molecular weight excluding hydrogens is 452 g/mol. The van der Waals surface area contributed by atoms with Crippen LogP contribution in [0.15, 0.2) is 126 Å². The lowest BCUT2D eigenvalue weighted by molar-refractivity contribution is 0.669. The average Bonchev–Trinajstić information content (AvgIpc) is 3.35. The second-order valence-corrected chi connectivity index (χ2v) is 9.38. The summed E-state index contributed by atoms with van der Waals surface area (Å²) in [6, 6.07) is 41.9. The SMILES string of the molecule is c1ccc(-c2nc(-c3cccc4ccc5oc6ccccc6c5c34)nc3ccc4ccccc4c23)cc1. The molecule has 8 aromatic rings. The van der Waals surface area contributed by atoms with Crippen LogP contribution in [0.3, 0.4) is 0 Å². The van der Waals surface area contributed by atoms with E-state index in [9.17, 15) is 0 Å². The third kappa shape index (κ3) is 3.01. The summed E-state index contributed by atoms with van der Waals surface area (Å²) in [6.07, 6.45) is 0. The van der Waals surface area contributed by atoms with Gasteiger partial charge in [-0.15, -0.1) is 0 Å². The first-order valence-corrected chi connectivity index (χ1v) is 12.4. The highest BCUT2D eigenvalue weighted by Gasteiger charge is 2.18. The molecule has 0 aliphatic heterocycles. The van der Waals surface area contributed by atoms with Gasteiger partial charge >= 0.3 is 0 Å². The molecule has 0 unspecified atom stereocenters. The number of para-hydroxylation sites is 1. The fourth-order valence-corrected chi connectivity index (χ4v) is 5.61. The van der Waals surface area contributed by atoms with Crippen molar-refractivity contribution >= 4 is 54.4 Å². The second-order valence-electron chi connectivity index (χ2n) is 9.38. The molecule has 0 N–H and O–H groups in total. The molecule has 0 aliphatic carbocycles. The van der Waals surface area contributed by atoms with Crippen molar-refractivity contribution in [2.24, 2.45) is 0 Å². The summed E-state index contributed by atoms with van der Waals surface area (Å²) in [5.74, 6) is 0.713. The molecule has 3 nitrogen and oxygen atoms in total. The molecule has 0 aliphatic rings. The van der Waals surface area contributed by atoms with Gasteiger partial charge in [-0.25, -0.2) is 9.97 Å². The van der Waals surface area contributed by atoms with Gasteiger partial charge in [-0.1, -0.05) is 103 Å². The van der Waals surface area contributed by atoms with E-state index in [4.69, 9.17) is 14.4 Å². The smallest absolute Gasteiger partial charge is 0.161 e. The minimum atomic E-state index is 0.713. The van der Waals surface area contributed by atoms with Crippen LogP contribution >= 0.6 is 0 Å². The Morgan fingerprint density at radius 1 is 0.459 bits per heavy atom. The summed E-state index contributed by atoms with van der Waals surface area (Å²) in [7, 11) is 0. The standard InChI is InChI=1S/C34H20N2O/c1-2-10-23(11-3-1)33-31-24-13-5-4-9-21(24)17-19-27(31)35-34(36-33)26-15-8-12-22-18-20-29-32(30(22)26)25-14-6-7-16-28(25)37-29/h1-20H. The molecule has 0 bridgehead atoms. The molecule has 0 saturated carbocycles. The predicted octanol–water partition coefficient (Wildman–Crippen LogP) is 9.17. The molecule has 0 saturated heterocycles. The molecule has 3 heteroatoms. The molecular formula is C34H20N2O. The third-order valence-electron chi connectivity index (χ3n) is 7.26. The van der Waals surface area contributed by atoms with Crippen LogP contribution in [0, 0.1) is 0 Å². The highest BCUT2D eigenvalue weighted by molar-refractivity contribution is 6.23. The number of fused-ring (bicyclic) bond motifs is 8. The Morgan fingerprint density at radius 2 is 1.22 bits per heavy atom. The van der Waals surface area contributed by atoms with E-state index in [1.807, 2.05) is 18.2 Å². The highest BCUT2D eigenvalue weighted by Crippen LogP contribution is 2.40. The van der Waals surface area contributed by atoms with Gasteiger partial charge < -0.3 is 4.42 Å². The van der Waals surface area contributed by atoms with Gasteiger partial charge in [0, 0.05) is 32.7 Å². The van der Waals surface area contributed by atoms with Gasteiger partial charge in [-0.2, -0.15) is 0 Å². The van der Waals surface area contributed by atoms with Crippen molar-refractivity contribution in [1.82, 2.24) is 9.97 Å². The Hall–Kier alpha value is -5.02. The van der Waals surface area contributed by atoms with Crippen molar-refractivity contribution in [3.63, 3.8) is 0 Å². The maximum absolute atomic E-state index is 6.22. The molecule has 0 spiro atoms. The normalized spacial score (nSPS) is 11.8. The summed E-state index contributed by atoms with van der Waals surface area (Å²) in [5, 5.41) is 7.88. The molecule has 0 atom stereocenters. The molecule has 0 amide bonds. The number of hydrogen-bond donors (Lipinski definition) is 0. The number of rotatable bonds is 2. The molecule has 0 radical (unpaired) electrons. The molecule has 0 fully saturated rings.